The molecule has 0 radical (unpaired) electrons. The van der Waals surface area contributed by atoms with Crippen LogP contribution in [0.2, 0.25) is 5.15 Å². The molecule has 16 heavy (non-hydrogen) atoms. The second-order valence-electron chi connectivity index (χ2n) is 3.97. The first-order valence-corrected chi connectivity index (χ1v) is 5.36. The smallest absolute Gasteiger partial charge is 0.276 e. The number of pyridine rings is 1. The summed E-state index contributed by atoms with van der Waals surface area (Å²) in [6.07, 6.45) is 0. The lowest BCUT2D eigenvalue weighted by Crippen LogP contribution is -2.22. The van der Waals surface area contributed by atoms with E-state index in [1.54, 1.807) is 0 Å². The number of nitrogens with zero attached hydrogens (tertiary/aromatic N) is 2. The normalized spacial score (nSPS) is 12.6. The number of hydrogen-bond donors (Lipinski definition) is 1. The molecular formula is C10H14ClN3O2. The standard InChI is InChI=1S/C10H14ClN3O2/c1-6(2)7(3)12-10-5-8(14(15)16)4-9(11)13-10/h4-7H,1-3H3,(H,12,13). The Bertz CT molecular complexity index is 396. The van der Waals surface area contributed by atoms with Gasteiger partial charge >= 0.3 is 0 Å². The molecule has 1 rings (SSSR count). The molecule has 88 valence electrons. The van der Waals surface area contributed by atoms with Crippen LogP contribution in [0.25, 0.3) is 0 Å². The summed E-state index contributed by atoms with van der Waals surface area (Å²) in [5.74, 6) is 0.834. The molecule has 6 heteroatoms. The van der Waals surface area contributed by atoms with E-state index in [0.29, 0.717) is 11.7 Å². The fraction of sp³-hybridized carbons (Fsp3) is 0.500. The van der Waals surface area contributed by atoms with Gasteiger partial charge in [0.15, 0.2) is 0 Å². The van der Waals surface area contributed by atoms with Crippen LogP contribution in [0.3, 0.4) is 0 Å². The second kappa shape index (κ2) is 5.12. The Morgan fingerprint density at radius 1 is 1.44 bits per heavy atom. The Kier molecular flexibility index (Phi) is 4.06. The molecule has 0 aliphatic carbocycles. The van der Waals surface area contributed by atoms with Crippen LogP contribution in [0.15, 0.2) is 12.1 Å². The molecule has 1 aromatic rings. The molecular weight excluding hydrogens is 230 g/mol. The highest BCUT2D eigenvalue weighted by atomic mass is 35.5. The fourth-order valence-electron chi connectivity index (χ4n) is 1.06. The summed E-state index contributed by atoms with van der Waals surface area (Å²) in [5, 5.41) is 13.8. The van der Waals surface area contributed by atoms with E-state index in [4.69, 9.17) is 11.6 Å². The highest BCUT2D eigenvalue weighted by molar-refractivity contribution is 6.29. The van der Waals surface area contributed by atoms with E-state index in [1.165, 1.54) is 12.1 Å². The van der Waals surface area contributed by atoms with Gasteiger partial charge in [0.05, 0.1) is 17.1 Å². The Morgan fingerprint density at radius 2 is 2.06 bits per heavy atom. The summed E-state index contributed by atoms with van der Waals surface area (Å²) >= 11 is 5.70. The molecule has 1 heterocycles. The Morgan fingerprint density at radius 3 is 2.56 bits per heavy atom. The maximum absolute atomic E-state index is 10.6. The Labute approximate surface area is 99.0 Å². The third-order valence-corrected chi connectivity index (χ3v) is 2.56. The third kappa shape index (κ3) is 3.34. The van der Waals surface area contributed by atoms with E-state index >= 15 is 0 Å². The van der Waals surface area contributed by atoms with Gasteiger partial charge in [-0.2, -0.15) is 0 Å². The van der Waals surface area contributed by atoms with Gasteiger partial charge in [-0.15, -0.1) is 0 Å². The van der Waals surface area contributed by atoms with Gasteiger partial charge in [-0.25, -0.2) is 4.98 Å². The molecule has 0 bridgehead atoms. The molecule has 5 nitrogen and oxygen atoms in total. The van der Waals surface area contributed by atoms with Gasteiger partial charge in [0.1, 0.15) is 11.0 Å². The van der Waals surface area contributed by atoms with Crippen LogP contribution in [0.1, 0.15) is 20.8 Å². The molecule has 1 aromatic heterocycles. The highest BCUT2D eigenvalue weighted by Gasteiger charge is 2.13. The molecule has 1 atom stereocenters. The maximum Gasteiger partial charge on any atom is 0.276 e. The van der Waals surface area contributed by atoms with Crippen molar-refractivity contribution in [1.29, 1.82) is 0 Å². The number of nitro groups is 1. The fourth-order valence-corrected chi connectivity index (χ4v) is 1.27. The average molecular weight is 244 g/mol. The molecule has 1 N–H and O–H groups in total. The quantitative estimate of drug-likeness (QED) is 0.501. The largest absolute Gasteiger partial charge is 0.367 e. The molecule has 0 saturated carbocycles. The van der Waals surface area contributed by atoms with E-state index < -0.39 is 4.92 Å². The minimum absolute atomic E-state index is 0.0570. The summed E-state index contributed by atoms with van der Waals surface area (Å²) in [6.45, 7) is 6.09. The van der Waals surface area contributed by atoms with Crippen LogP contribution in [-0.2, 0) is 0 Å². The van der Waals surface area contributed by atoms with Gasteiger partial charge in [0.25, 0.3) is 5.69 Å². The number of halogens is 1. The van der Waals surface area contributed by atoms with Crippen LogP contribution >= 0.6 is 11.6 Å². The average Bonchev–Trinajstić information content (AvgIpc) is 2.16. The van der Waals surface area contributed by atoms with E-state index in [0.717, 1.165) is 0 Å². The van der Waals surface area contributed by atoms with Crippen molar-refractivity contribution in [3.8, 4) is 0 Å². The zero-order valence-corrected chi connectivity index (χ0v) is 10.2. The minimum Gasteiger partial charge on any atom is -0.367 e. The predicted octanol–water partition coefficient (Wildman–Crippen LogP) is 3.10. The van der Waals surface area contributed by atoms with Gasteiger partial charge < -0.3 is 5.32 Å². The monoisotopic (exact) mass is 243 g/mol. The highest BCUT2D eigenvalue weighted by Crippen LogP contribution is 2.21. The van der Waals surface area contributed by atoms with Crippen molar-refractivity contribution in [3.63, 3.8) is 0 Å². The first-order valence-electron chi connectivity index (χ1n) is 4.98. The molecule has 0 amide bonds. The third-order valence-electron chi connectivity index (χ3n) is 2.37. The molecule has 0 aliphatic heterocycles. The molecule has 0 saturated heterocycles. The van der Waals surface area contributed by atoms with Crippen molar-refractivity contribution >= 4 is 23.1 Å². The second-order valence-corrected chi connectivity index (χ2v) is 4.35. The van der Waals surface area contributed by atoms with Crippen molar-refractivity contribution in [2.75, 3.05) is 5.32 Å². The van der Waals surface area contributed by atoms with Crippen LogP contribution in [-0.4, -0.2) is 15.9 Å². The Balaban J connectivity index is 2.92. The van der Waals surface area contributed by atoms with Crippen molar-refractivity contribution in [2.45, 2.75) is 26.8 Å². The zero-order valence-electron chi connectivity index (χ0n) is 9.40. The van der Waals surface area contributed by atoms with Crippen LogP contribution in [0.4, 0.5) is 11.5 Å². The van der Waals surface area contributed by atoms with Crippen molar-refractivity contribution in [3.05, 3.63) is 27.4 Å². The van der Waals surface area contributed by atoms with E-state index in [9.17, 15) is 10.1 Å². The number of aromatic nitrogens is 1. The molecule has 0 aliphatic rings. The van der Waals surface area contributed by atoms with Crippen LogP contribution < -0.4 is 5.32 Å². The Hall–Kier alpha value is -1.36. The number of hydrogen-bond acceptors (Lipinski definition) is 4. The van der Waals surface area contributed by atoms with Crippen LogP contribution in [0, 0.1) is 16.0 Å². The van der Waals surface area contributed by atoms with Crippen molar-refractivity contribution in [2.24, 2.45) is 5.92 Å². The summed E-state index contributed by atoms with van der Waals surface area (Å²) in [7, 11) is 0. The van der Waals surface area contributed by atoms with Crippen molar-refractivity contribution in [1.82, 2.24) is 4.98 Å². The topological polar surface area (TPSA) is 68.1 Å². The van der Waals surface area contributed by atoms with Crippen molar-refractivity contribution < 1.29 is 4.92 Å². The van der Waals surface area contributed by atoms with Gasteiger partial charge in [-0.1, -0.05) is 25.4 Å². The minimum atomic E-state index is -0.487. The van der Waals surface area contributed by atoms with E-state index in [-0.39, 0.29) is 16.9 Å². The van der Waals surface area contributed by atoms with Crippen LogP contribution in [0.5, 0.6) is 0 Å². The van der Waals surface area contributed by atoms with E-state index in [1.807, 2.05) is 6.92 Å². The first kappa shape index (κ1) is 12.7. The SMILES string of the molecule is CC(C)C(C)Nc1cc([N+](=O)[O-])cc(Cl)n1. The number of anilines is 1. The number of nitrogens with one attached hydrogen (secondary N) is 1. The number of rotatable bonds is 4. The van der Waals surface area contributed by atoms with E-state index in [2.05, 4.69) is 24.1 Å². The summed E-state index contributed by atoms with van der Waals surface area (Å²) in [4.78, 5) is 14.1. The van der Waals surface area contributed by atoms with Gasteiger partial charge in [0, 0.05) is 6.04 Å². The van der Waals surface area contributed by atoms with Gasteiger partial charge in [0.2, 0.25) is 0 Å². The predicted molar refractivity (Wildman–Crippen MR) is 63.8 cm³/mol. The summed E-state index contributed by atoms with van der Waals surface area (Å²) < 4.78 is 0. The van der Waals surface area contributed by atoms with Gasteiger partial charge in [-0.3, -0.25) is 10.1 Å². The lowest BCUT2D eigenvalue weighted by Gasteiger charge is -2.17. The van der Waals surface area contributed by atoms with Gasteiger partial charge in [-0.05, 0) is 12.8 Å². The first-order chi connectivity index (χ1) is 7.40. The lowest BCUT2D eigenvalue weighted by atomic mass is 10.1. The molecule has 0 fully saturated rings. The summed E-state index contributed by atoms with van der Waals surface area (Å²) in [5.41, 5.74) is -0.0570. The molecule has 0 aromatic carbocycles. The summed E-state index contributed by atoms with van der Waals surface area (Å²) in [6, 6.07) is 2.78. The lowest BCUT2D eigenvalue weighted by molar-refractivity contribution is -0.384. The zero-order chi connectivity index (χ0) is 12.3. The molecule has 1 unspecified atom stereocenters. The molecule has 0 spiro atoms. The maximum atomic E-state index is 10.6.